The van der Waals surface area contributed by atoms with E-state index in [0.717, 1.165) is 29.8 Å². The van der Waals surface area contributed by atoms with Crippen LogP contribution in [0.15, 0.2) is 42.7 Å². The Morgan fingerprint density at radius 1 is 1.09 bits per heavy atom. The highest BCUT2D eigenvalue weighted by Gasteiger charge is 2.18. The maximum atomic E-state index is 10.3. The number of hydrogen-bond acceptors (Lipinski definition) is 6. The van der Waals surface area contributed by atoms with E-state index in [1.54, 1.807) is 24.0 Å². The van der Waals surface area contributed by atoms with Gasteiger partial charge in [0.1, 0.15) is 18.2 Å². The summed E-state index contributed by atoms with van der Waals surface area (Å²) in [6, 6.07) is 13.8. The number of aryl methyl sites for hydroxylation is 1. The van der Waals surface area contributed by atoms with E-state index in [0.29, 0.717) is 22.9 Å². The number of anilines is 1. The van der Waals surface area contributed by atoms with Crippen molar-refractivity contribution in [2.75, 3.05) is 18.0 Å². The molecule has 4 aromatic rings. The van der Waals surface area contributed by atoms with Crippen LogP contribution in [-0.2, 0) is 0 Å². The second-order valence-electron chi connectivity index (χ2n) is 7.93. The minimum Gasteiger partial charge on any atom is -0.389 e. The second kappa shape index (κ2) is 10.5. The molecule has 0 amide bonds. The number of aliphatic hydroxyl groups excluding tert-OH is 1. The first kappa shape index (κ1) is 24.9. The topological polar surface area (TPSA) is 95.8 Å². The molecule has 1 fully saturated rings. The highest BCUT2D eigenvalue weighted by molar-refractivity contribution is 5.81. The quantitative estimate of drug-likeness (QED) is 0.456. The molecule has 0 radical (unpaired) electrons. The van der Waals surface area contributed by atoms with Crippen molar-refractivity contribution in [3.63, 3.8) is 0 Å². The summed E-state index contributed by atoms with van der Waals surface area (Å²) in [4.78, 5) is 11.8. The maximum Gasteiger partial charge on any atom is 0.163 e. The van der Waals surface area contributed by atoms with Crippen LogP contribution in [0.2, 0.25) is 0 Å². The molecule has 1 aromatic carbocycles. The molecule has 0 bridgehead atoms. The Kier molecular flexibility index (Phi) is 7.69. The first-order chi connectivity index (χ1) is 16.0. The fraction of sp³-hybridized carbons (Fsp3) is 0.385. The van der Waals surface area contributed by atoms with Crippen LogP contribution in [0.25, 0.3) is 22.7 Å². The van der Waals surface area contributed by atoms with Gasteiger partial charge in [0.15, 0.2) is 11.5 Å². The molecule has 34 heavy (non-hydrogen) atoms. The number of aromatic nitrogens is 5. The number of benzene rings is 1. The smallest absolute Gasteiger partial charge is 0.163 e. The molecule has 1 atom stereocenters. The molecule has 0 spiro atoms. The van der Waals surface area contributed by atoms with Crippen molar-refractivity contribution < 1.29 is 5.11 Å². The first-order valence-corrected chi connectivity index (χ1v) is 11.4. The predicted octanol–water partition coefficient (Wildman–Crippen LogP) is 5.10. The highest BCUT2D eigenvalue weighted by atomic mass is 16.3. The molecule has 1 unspecified atom stereocenters. The summed E-state index contributed by atoms with van der Waals surface area (Å²) in [6.07, 6.45) is 3.50. The molecule has 178 valence electrons. The summed E-state index contributed by atoms with van der Waals surface area (Å²) in [5.74, 6) is 1.17. The molecule has 1 saturated heterocycles. The number of rotatable bonds is 4. The molecule has 8 heteroatoms. The van der Waals surface area contributed by atoms with Gasteiger partial charge in [0.25, 0.3) is 0 Å². The highest BCUT2D eigenvalue weighted by Crippen LogP contribution is 2.28. The maximum absolute atomic E-state index is 10.3. The Hall–Kier alpha value is -3.70. The van der Waals surface area contributed by atoms with E-state index in [-0.39, 0.29) is 7.43 Å². The van der Waals surface area contributed by atoms with Crippen LogP contribution in [-0.4, -0.2) is 42.5 Å². The average Bonchev–Trinajstić information content (AvgIpc) is 3.59. The normalized spacial score (nSPS) is 13.7. The Morgan fingerprint density at radius 2 is 1.82 bits per heavy atom. The summed E-state index contributed by atoms with van der Waals surface area (Å²) in [5, 5.41) is 23.8. The molecule has 3 aromatic heterocycles. The number of pyridine rings is 1. The summed E-state index contributed by atoms with van der Waals surface area (Å²) in [5.41, 5.74) is 4.79. The van der Waals surface area contributed by atoms with Gasteiger partial charge < -0.3 is 10.0 Å². The number of nitriles is 1. The van der Waals surface area contributed by atoms with Crippen LogP contribution in [0.4, 0.5) is 5.69 Å². The lowest BCUT2D eigenvalue weighted by molar-refractivity contribution is 0.198. The van der Waals surface area contributed by atoms with Crippen molar-refractivity contribution in [3.8, 4) is 17.7 Å². The van der Waals surface area contributed by atoms with Gasteiger partial charge in [-0.25, -0.2) is 14.6 Å². The van der Waals surface area contributed by atoms with Gasteiger partial charge >= 0.3 is 0 Å². The van der Waals surface area contributed by atoms with E-state index < -0.39 is 6.10 Å². The van der Waals surface area contributed by atoms with Gasteiger partial charge in [-0.05, 0) is 63.1 Å². The van der Waals surface area contributed by atoms with Crippen LogP contribution in [0.1, 0.15) is 64.1 Å². The van der Waals surface area contributed by atoms with Crippen LogP contribution < -0.4 is 4.90 Å². The van der Waals surface area contributed by atoms with Crippen LogP contribution in [0.3, 0.4) is 0 Å². The molecule has 4 heterocycles. The molecule has 1 aliphatic heterocycles. The van der Waals surface area contributed by atoms with Crippen molar-refractivity contribution in [2.24, 2.45) is 0 Å². The third kappa shape index (κ3) is 4.52. The lowest BCUT2D eigenvalue weighted by Gasteiger charge is -2.17. The number of fused-ring (bicyclic) bond motifs is 1. The fourth-order valence-electron chi connectivity index (χ4n) is 4.18. The first-order valence-electron chi connectivity index (χ1n) is 11.4. The van der Waals surface area contributed by atoms with Gasteiger partial charge in [-0.15, -0.1) is 0 Å². The van der Waals surface area contributed by atoms with E-state index >= 15 is 0 Å². The van der Waals surface area contributed by atoms with Crippen LogP contribution in [0.5, 0.6) is 0 Å². The molecule has 5 rings (SSSR count). The van der Waals surface area contributed by atoms with Gasteiger partial charge in [0.05, 0.1) is 17.1 Å². The van der Waals surface area contributed by atoms with Gasteiger partial charge in [0, 0.05) is 30.0 Å². The van der Waals surface area contributed by atoms with Crippen molar-refractivity contribution >= 4 is 16.7 Å². The van der Waals surface area contributed by atoms with E-state index in [9.17, 15) is 10.4 Å². The van der Waals surface area contributed by atoms with Gasteiger partial charge in [-0.1, -0.05) is 21.3 Å². The fourth-order valence-corrected chi connectivity index (χ4v) is 4.18. The number of aliphatic hydroxyl groups is 1. The number of imidazole rings is 1. The Balaban J connectivity index is 0.00000105. The predicted molar refractivity (Wildman–Crippen MR) is 136 cm³/mol. The SMILES string of the molecule is C.CC.Cc1cc(C#N)nn1-c1nc(-n2cnc3cc(N4CCCC4)ccc32)ccc1C(C)O. The van der Waals surface area contributed by atoms with Crippen molar-refractivity contribution in [1.82, 2.24) is 24.3 Å². The number of hydrogen-bond donors (Lipinski definition) is 1. The molecular formula is C26H33N7O. The zero-order valence-corrected chi connectivity index (χ0v) is 19.5. The van der Waals surface area contributed by atoms with E-state index in [1.165, 1.54) is 18.5 Å². The Bertz CT molecular complexity index is 1310. The Labute approximate surface area is 201 Å². The minimum atomic E-state index is -0.728. The molecule has 8 nitrogen and oxygen atoms in total. The Morgan fingerprint density at radius 3 is 2.47 bits per heavy atom. The average molecular weight is 460 g/mol. The van der Waals surface area contributed by atoms with Crippen LogP contribution >= 0.6 is 0 Å². The molecule has 1 aliphatic rings. The minimum absolute atomic E-state index is 0. The van der Waals surface area contributed by atoms with Crippen molar-refractivity contribution in [3.05, 3.63) is 59.7 Å². The van der Waals surface area contributed by atoms with Gasteiger partial charge in [-0.2, -0.15) is 10.4 Å². The summed E-state index contributed by atoms with van der Waals surface area (Å²) < 4.78 is 3.54. The molecule has 1 N–H and O–H groups in total. The van der Waals surface area contributed by atoms with Crippen LogP contribution in [0, 0.1) is 18.3 Å². The largest absolute Gasteiger partial charge is 0.389 e. The lowest BCUT2D eigenvalue weighted by atomic mass is 10.1. The zero-order valence-electron chi connectivity index (χ0n) is 19.5. The standard InChI is InChI=1S/C23H23N7O.C2H6.CH4/c1-15-11-17(13-24)27-30(15)23-19(16(2)31)6-8-22(26-23)29-14-25-20-12-18(5-7-21(20)29)28-9-3-4-10-28;1-2;/h5-8,11-12,14,16,31H,3-4,9-10H2,1-2H3;1-2H3;1H4. The van der Waals surface area contributed by atoms with Crippen molar-refractivity contribution in [2.45, 2.75) is 54.1 Å². The zero-order chi connectivity index (χ0) is 23.5. The molecular weight excluding hydrogens is 426 g/mol. The number of nitrogens with zero attached hydrogens (tertiary/aromatic N) is 7. The molecule has 0 aliphatic carbocycles. The van der Waals surface area contributed by atoms with E-state index in [4.69, 9.17) is 4.98 Å². The summed E-state index contributed by atoms with van der Waals surface area (Å²) >= 11 is 0. The third-order valence-corrected chi connectivity index (χ3v) is 5.79. The lowest BCUT2D eigenvalue weighted by Crippen LogP contribution is -2.17. The third-order valence-electron chi connectivity index (χ3n) is 5.79. The molecule has 0 saturated carbocycles. The summed E-state index contributed by atoms with van der Waals surface area (Å²) in [6.45, 7) is 9.73. The second-order valence-corrected chi connectivity index (χ2v) is 7.93. The van der Waals surface area contributed by atoms with E-state index in [2.05, 4.69) is 39.3 Å². The van der Waals surface area contributed by atoms with E-state index in [1.807, 2.05) is 37.5 Å². The van der Waals surface area contributed by atoms with Gasteiger partial charge in [-0.3, -0.25) is 4.57 Å². The summed E-state index contributed by atoms with van der Waals surface area (Å²) in [7, 11) is 0. The van der Waals surface area contributed by atoms with Crippen molar-refractivity contribution in [1.29, 1.82) is 5.26 Å². The van der Waals surface area contributed by atoms with Gasteiger partial charge in [0.2, 0.25) is 0 Å². The monoisotopic (exact) mass is 459 g/mol.